The van der Waals surface area contributed by atoms with Crippen LogP contribution in [-0.4, -0.2) is 69.5 Å². The van der Waals surface area contributed by atoms with Gasteiger partial charge in [0.05, 0.1) is 24.1 Å². The number of aliphatic carboxylic acids is 1. The summed E-state index contributed by atoms with van der Waals surface area (Å²) in [6.07, 6.45) is 1.16. The minimum absolute atomic E-state index is 0.0691. The van der Waals surface area contributed by atoms with E-state index < -0.39 is 18.0 Å². The number of β-lactam (4-membered cyclic amide) rings is 1. The molecule has 9 heteroatoms. The first-order chi connectivity index (χ1) is 12.4. The molecule has 3 heterocycles. The van der Waals surface area contributed by atoms with E-state index in [1.54, 1.807) is 18.7 Å². The maximum Gasteiger partial charge on any atom is 0.353 e. The van der Waals surface area contributed by atoms with E-state index in [4.69, 9.17) is 11.6 Å². The Balaban J connectivity index is 1.69. The van der Waals surface area contributed by atoms with Crippen LogP contribution in [0, 0.1) is 11.8 Å². The summed E-state index contributed by atoms with van der Waals surface area (Å²) in [7, 11) is 0. The number of carboxylic acids is 1. The Morgan fingerprint density at radius 3 is 2.88 bits per heavy atom. The van der Waals surface area contributed by atoms with Gasteiger partial charge in [0, 0.05) is 28.7 Å². The number of aliphatic hydroxyl groups excluding tert-OH is 1. The van der Waals surface area contributed by atoms with Gasteiger partial charge < -0.3 is 25.7 Å². The SMILES string of the molecule is C[C@@H](O)[C@H]1C(=O)N2C(C(=O)O)=C(S[C@@H]3CN[C@@H](CCNCCl)C3)[C@H](C)[C@H]12. The molecule has 26 heavy (non-hydrogen) atoms. The van der Waals surface area contributed by atoms with Crippen molar-refractivity contribution in [1.82, 2.24) is 15.5 Å². The monoisotopic (exact) mass is 403 g/mol. The van der Waals surface area contributed by atoms with Crippen LogP contribution in [0.5, 0.6) is 0 Å². The third-order valence-corrected chi connectivity index (χ3v) is 7.25. The average Bonchev–Trinajstić information content (AvgIpc) is 3.10. The van der Waals surface area contributed by atoms with E-state index in [2.05, 4.69) is 10.6 Å². The fraction of sp³-hybridized carbons (Fsp3) is 0.765. The molecule has 0 radical (unpaired) electrons. The highest BCUT2D eigenvalue weighted by Crippen LogP contribution is 2.51. The highest BCUT2D eigenvalue weighted by molar-refractivity contribution is 8.03. The fourth-order valence-electron chi connectivity index (χ4n) is 4.29. The molecule has 3 aliphatic rings. The molecule has 3 aliphatic heterocycles. The number of rotatable bonds is 8. The molecule has 0 aromatic heterocycles. The summed E-state index contributed by atoms with van der Waals surface area (Å²) >= 11 is 7.20. The number of hydrogen-bond acceptors (Lipinski definition) is 6. The van der Waals surface area contributed by atoms with E-state index in [0.717, 1.165) is 30.8 Å². The van der Waals surface area contributed by atoms with Crippen LogP contribution in [0.15, 0.2) is 10.6 Å². The van der Waals surface area contributed by atoms with Gasteiger partial charge >= 0.3 is 5.97 Å². The number of carbonyl (C=O) groups is 2. The van der Waals surface area contributed by atoms with Crippen LogP contribution in [0.1, 0.15) is 26.7 Å². The molecular weight excluding hydrogens is 378 g/mol. The molecule has 0 aromatic rings. The first kappa shape index (κ1) is 19.9. The van der Waals surface area contributed by atoms with Crippen LogP contribution in [-0.2, 0) is 9.59 Å². The fourth-order valence-corrected chi connectivity index (χ4v) is 5.95. The summed E-state index contributed by atoms with van der Waals surface area (Å²) in [5.74, 6) is -1.92. The predicted octanol–water partition coefficient (Wildman–Crippen LogP) is 0.780. The Labute approximate surface area is 162 Å². The Kier molecular flexibility index (Phi) is 6.18. The zero-order valence-corrected chi connectivity index (χ0v) is 16.5. The molecule has 3 rings (SSSR count). The van der Waals surface area contributed by atoms with Crippen LogP contribution in [0.25, 0.3) is 0 Å². The second-order valence-electron chi connectivity index (χ2n) is 7.27. The smallest absolute Gasteiger partial charge is 0.353 e. The van der Waals surface area contributed by atoms with Gasteiger partial charge in [-0.2, -0.15) is 0 Å². The molecule has 2 fully saturated rings. The number of amides is 1. The largest absolute Gasteiger partial charge is 0.477 e. The number of fused-ring (bicyclic) bond motifs is 1. The van der Waals surface area contributed by atoms with Crippen molar-refractivity contribution in [3.63, 3.8) is 0 Å². The number of nitrogens with one attached hydrogen (secondary N) is 2. The molecule has 4 N–H and O–H groups in total. The Morgan fingerprint density at radius 2 is 2.27 bits per heavy atom. The number of halogens is 1. The van der Waals surface area contributed by atoms with Gasteiger partial charge in [-0.25, -0.2) is 4.79 Å². The summed E-state index contributed by atoms with van der Waals surface area (Å²) < 4.78 is 0. The first-order valence-electron chi connectivity index (χ1n) is 9.02. The number of nitrogens with zero attached hydrogens (tertiary/aromatic N) is 1. The summed E-state index contributed by atoms with van der Waals surface area (Å²) in [6.45, 7) is 5.22. The number of alkyl halides is 1. The Hall–Kier alpha value is -0.800. The first-order valence-corrected chi connectivity index (χ1v) is 10.4. The summed E-state index contributed by atoms with van der Waals surface area (Å²) in [5, 5.41) is 26.4. The second-order valence-corrected chi connectivity index (χ2v) is 8.88. The van der Waals surface area contributed by atoms with Crippen LogP contribution in [0.4, 0.5) is 0 Å². The standard InChI is InChI=1S/C17H26ClN3O4S/c1-8-13-12(9(2)22)16(23)21(13)14(17(24)25)15(8)26-11-5-10(20-6-11)3-4-19-7-18/h8-13,19-20,22H,3-7H2,1-2H3,(H,24,25)/t8-,9-,10+,11+,12-,13-/m1/s1. The van der Waals surface area contributed by atoms with Crippen LogP contribution in [0.3, 0.4) is 0 Å². The van der Waals surface area contributed by atoms with Gasteiger partial charge in [0.15, 0.2) is 0 Å². The Bertz CT molecular complexity index is 615. The van der Waals surface area contributed by atoms with Gasteiger partial charge in [-0.05, 0) is 26.3 Å². The molecule has 0 bridgehead atoms. The third-order valence-electron chi connectivity index (χ3n) is 5.55. The summed E-state index contributed by atoms with van der Waals surface area (Å²) in [6, 6.07) is 0.583. The van der Waals surface area contributed by atoms with Crippen molar-refractivity contribution >= 4 is 35.2 Å². The molecule has 2 saturated heterocycles. The normalized spacial score (nSPS) is 34.8. The second kappa shape index (κ2) is 8.06. The van der Waals surface area contributed by atoms with E-state index in [-0.39, 0.29) is 28.8 Å². The number of hydrogen-bond donors (Lipinski definition) is 4. The molecule has 0 unspecified atom stereocenters. The summed E-state index contributed by atoms with van der Waals surface area (Å²) in [4.78, 5) is 26.3. The molecule has 6 atom stereocenters. The van der Waals surface area contributed by atoms with Gasteiger partial charge in [0.2, 0.25) is 5.91 Å². The predicted molar refractivity (Wildman–Crippen MR) is 101 cm³/mol. The van der Waals surface area contributed by atoms with Crippen LogP contribution >= 0.6 is 23.4 Å². The van der Waals surface area contributed by atoms with E-state index in [1.165, 1.54) is 4.90 Å². The molecule has 1 amide bonds. The maximum absolute atomic E-state index is 12.4. The average molecular weight is 404 g/mol. The topological polar surface area (TPSA) is 102 Å². The lowest BCUT2D eigenvalue weighted by atomic mass is 9.79. The number of thioether (sulfide) groups is 1. The molecule has 7 nitrogen and oxygen atoms in total. The molecule has 0 spiro atoms. The minimum atomic E-state index is -1.06. The van der Waals surface area contributed by atoms with Gasteiger partial charge in [-0.3, -0.25) is 4.79 Å². The van der Waals surface area contributed by atoms with Crippen molar-refractivity contribution in [2.24, 2.45) is 11.8 Å². The zero-order chi connectivity index (χ0) is 19.0. The van der Waals surface area contributed by atoms with Crippen LogP contribution < -0.4 is 10.6 Å². The molecule has 0 saturated carbocycles. The van der Waals surface area contributed by atoms with E-state index in [0.29, 0.717) is 12.0 Å². The Morgan fingerprint density at radius 1 is 1.54 bits per heavy atom. The lowest BCUT2D eigenvalue weighted by Crippen LogP contribution is -2.63. The van der Waals surface area contributed by atoms with Crippen LogP contribution in [0.2, 0.25) is 0 Å². The lowest BCUT2D eigenvalue weighted by Gasteiger charge is -2.46. The quantitative estimate of drug-likeness (QED) is 0.205. The van der Waals surface area contributed by atoms with Crippen molar-refractivity contribution in [2.45, 2.75) is 50.1 Å². The van der Waals surface area contributed by atoms with Crippen molar-refractivity contribution in [3.8, 4) is 0 Å². The van der Waals surface area contributed by atoms with Crippen molar-refractivity contribution in [3.05, 3.63) is 10.6 Å². The molecular formula is C17H26ClN3O4S. The third kappa shape index (κ3) is 3.49. The molecule has 146 valence electrons. The van der Waals surface area contributed by atoms with Gasteiger partial charge in [-0.1, -0.05) is 6.92 Å². The minimum Gasteiger partial charge on any atom is -0.477 e. The highest BCUT2D eigenvalue weighted by atomic mass is 35.5. The van der Waals surface area contributed by atoms with E-state index >= 15 is 0 Å². The number of carboxylic acid groups (broad SMARTS) is 1. The summed E-state index contributed by atoms with van der Waals surface area (Å²) in [5.41, 5.74) is 0.113. The maximum atomic E-state index is 12.4. The van der Waals surface area contributed by atoms with Gasteiger partial charge in [0.1, 0.15) is 5.70 Å². The zero-order valence-electron chi connectivity index (χ0n) is 14.9. The molecule has 0 aromatic carbocycles. The highest BCUT2D eigenvalue weighted by Gasteiger charge is 2.60. The molecule has 0 aliphatic carbocycles. The number of aliphatic hydroxyl groups is 1. The van der Waals surface area contributed by atoms with Crippen molar-refractivity contribution in [1.29, 1.82) is 0 Å². The van der Waals surface area contributed by atoms with E-state index in [9.17, 15) is 19.8 Å². The van der Waals surface area contributed by atoms with E-state index in [1.807, 2.05) is 6.92 Å². The van der Waals surface area contributed by atoms with Gasteiger partial charge in [0.25, 0.3) is 0 Å². The van der Waals surface area contributed by atoms with Crippen molar-refractivity contribution in [2.75, 3.05) is 19.1 Å². The van der Waals surface area contributed by atoms with Gasteiger partial charge in [-0.15, -0.1) is 23.4 Å². The number of carbonyl (C=O) groups excluding carboxylic acids is 1. The van der Waals surface area contributed by atoms with Crippen molar-refractivity contribution < 1.29 is 19.8 Å². The lowest BCUT2D eigenvalue weighted by molar-refractivity contribution is -0.163.